The highest BCUT2D eigenvalue weighted by Crippen LogP contribution is 2.29. The molecule has 0 unspecified atom stereocenters. The third-order valence-electron chi connectivity index (χ3n) is 4.37. The SMILES string of the molecule is COC(=O)c1sc2nc(CN(C)Cc3ccc(C(F)(F)F)cc3)[nH]c(=O)c2c1C. The van der Waals surface area contributed by atoms with Gasteiger partial charge in [0.15, 0.2) is 0 Å². The fourth-order valence-electron chi connectivity index (χ4n) is 2.97. The molecule has 2 aromatic heterocycles. The largest absolute Gasteiger partial charge is 0.465 e. The number of fused-ring (bicyclic) bond motifs is 1. The fraction of sp³-hybridized carbons (Fsp3) is 0.316. The second-order valence-corrected chi connectivity index (χ2v) is 7.61. The van der Waals surface area contributed by atoms with E-state index in [-0.39, 0.29) is 12.1 Å². The monoisotopic (exact) mass is 425 g/mol. The van der Waals surface area contributed by atoms with Crippen LogP contribution in [0.4, 0.5) is 13.2 Å². The lowest BCUT2D eigenvalue weighted by Crippen LogP contribution is -2.21. The smallest absolute Gasteiger partial charge is 0.416 e. The van der Waals surface area contributed by atoms with Crippen LogP contribution >= 0.6 is 11.3 Å². The molecule has 2 heterocycles. The summed E-state index contributed by atoms with van der Waals surface area (Å²) in [6.07, 6.45) is -4.37. The van der Waals surface area contributed by atoms with Crippen molar-refractivity contribution in [3.63, 3.8) is 0 Å². The number of alkyl halides is 3. The average Bonchev–Trinajstić information content (AvgIpc) is 2.97. The number of hydrogen-bond donors (Lipinski definition) is 1. The van der Waals surface area contributed by atoms with Crippen LogP contribution < -0.4 is 5.56 Å². The number of nitrogens with one attached hydrogen (secondary N) is 1. The zero-order chi connectivity index (χ0) is 21.3. The number of methoxy groups -OCH3 is 1. The Kier molecular flexibility index (Phi) is 5.76. The first-order valence-electron chi connectivity index (χ1n) is 8.55. The first-order valence-corrected chi connectivity index (χ1v) is 9.37. The number of nitrogens with zero attached hydrogens (tertiary/aromatic N) is 2. The molecule has 0 bridgehead atoms. The van der Waals surface area contributed by atoms with Crippen LogP contribution in [-0.2, 0) is 24.0 Å². The van der Waals surface area contributed by atoms with E-state index < -0.39 is 17.7 Å². The summed E-state index contributed by atoms with van der Waals surface area (Å²) in [6, 6.07) is 4.92. The molecule has 0 aliphatic heterocycles. The van der Waals surface area contributed by atoms with E-state index >= 15 is 0 Å². The van der Waals surface area contributed by atoms with Gasteiger partial charge in [-0.3, -0.25) is 9.69 Å². The standard InChI is InChI=1S/C19H18F3N3O3S/c1-10-14-16(26)23-13(24-17(14)29-15(10)18(27)28-3)9-25(2)8-11-4-6-12(7-5-11)19(20,21)22/h4-7H,8-9H2,1-3H3,(H,23,24,26). The van der Waals surface area contributed by atoms with Gasteiger partial charge in [-0.25, -0.2) is 9.78 Å². The highest BCUT2D eigenvalue weighted by Gasteiger charge is 2.30. The van der Waals surface area contributed by atoms with Gasteiger partial charge in [0.1, 0.15) is 15.5 Å². The van der Waals surface area contributed by atoms with Gasteiger partial charge in [-0.05, 0) is 37.2 Å². The van der Waals surface area contributed by atoms with Crippen molar-refractivity contribution in [1.82, 2.24) is 14.9 Å². The van der Waals surface area contributed by atoms with Gasteiger partial charge in [-0.1, -0.05) is 12.1 Å². The second kappa shape index (κ2) is 7.96. The minimum absolute atomic E-state index is 0.275. The number of halogens is 3. The van der Waals surface area contributed by atoms with Crippen molar-refractivity contribution in [3.8, 4) is 0 Å². The highest BCUT2D eigenvalue weighted by atomic mass is 32.1. The number of aromatic amines is 1. The Morgan fingerprint density at radius 3 is 2.48 bits per heavy atom. The third-order valence-corrected chi connectivity index (χ3v) is 5.54. The molecule has 0 amide bonds. The average molecular weight is 425 g/mol. The summed E-state index contributed by atoms with van der Waals surface area (Å²) >= 11 is 1.09. The highest BCUT2D eigenvalue weighted by molar-refractivity contribution is 7.20. The quantitative estimate of drug-likeness (QED) is 0.631. The lowest BCUT2D eigenvalue weighted by molar-refractivity contribution is -0.137. The van der Waals surface area contributed by atoms with E-state index in [0.717, 1.165) is 23.5 Å². The predicted octanol–water partition coefficient (Wildman–Crippen LogP) is 3.73. The van der Waals surface area contributed by atoms with E-state index in [1.54, 1.807) is 14.0 Å². The first kappa shape index (κ1) is 21.0. The number of benzene rings is 1. The van der Waals surface area contributed by atoms with Gasteiger partial charge in [0.05, 0.1) is 24.6 Å². The summed E-state index contributed by atoms with van der Waals surface area (Å²) in [5.74, 6) is -0.125. The molecular formula is C19H18F3N3O3S. The Morgan fingerprint density at radius 1 is 1.24 bits per heavy atom. The normalized spacial score (nSPS) is 12.0. The summed E-state index contributed by atoms with van der Waals surface area (Å²) in [4.78, 5) is 34.0. The van der Waals surface area contributed by atoms with Crippen LogP contribution in [0.5, 0.6) is 0 Å². The molecule has 29 heavy (non-hydrogen) atoms. The Bertz CT molecular complexity index is 1100. The number of hydrogen-bond acceptors (Lipinski definition) is 6. The molecule has 154 valence electrons. The van der Waals surface area contributed by atoms with Crippen molar-refractivity contribution < 1.29 is 22.7 Å². The summed E-state index contributed by atoms with van der Waals surface area (Å²) < 4.78 is 42.7. The van der Waals surface area contributed by atoms with Crippen molar-refractivity contribution in [1.29, 1.82) is 0 Å². The molecule has 1 aromatic carbocycles. The van der Waals surface area contributed by atoms with Crippen molar-refractivity contribution in [2.75, 3.05) is 14.2 Å². The predicted molar refractivity (Wildman–Crippen MR) is 103 cm³/mol. The van der Waals surface area contributed by atoms with Crippen LogP contribution in [0, 0.1) is 6.92 Å². The molecule has 0 aliphatic rings. The Hall–Kier alpha value is -2.72. The van der Waals surface area contributed by atoms with Gasteiger partial charge in [-0.2, -0.15) is 13.2 Å². The van der Waals surface area contributed by atoms with Gasteiger partial charge >= 0.3 is 12.1 Å². The van der Waals surface area contributed by atoms with Gasteiger partial charge in [-0.15, -0.1) is 11.3 Å². The summed E-state index contributed by atoms with van der Waals surface area (Å²) in [5, 5.41) is 0.351. The Balaban J connectivity index is 1.79. The minimum atomic E-state index is -4.37. The summed E-state index contributed by atoms with van der Waals surface area (Å²) in [5.41, 5.74) is 0.172. The summed E-state index contributed by atoms with van der Waals surface area (Å²) in [6.45, 7) is 2.31. The van der Waals surface area contributed by atoms with Crippen LogP contribution in [0.1, 0.15) is 32.2 Å². The van der Waals surface area contributed by atoms with Crippen molar-refractivity contribution in [2.24, 2.45) is 0 Å². The maximum Gasteiger partial charge on any atom is 0.416 e. The number of esters is 1. The maximum atomic E-state index is 12.7. The van der Waals surface area contributed by atoms with Crippen molar-refractivity contribution >= 4 is 27.5 Å². The maximum absolute atomic E-state index is 12.7. The van der Waals surface area contributed by atoms with Crippen LogP contribution in [0.15, 0.2) is 29.1 Å². The van der Waals surface area contributed by atoms with Crippen LogP contribution in [0.3, 0.4) is 0 Å². The molecule has 0 aliphatic carbocycles. The molecule has 0 saturated carbocycles. The molecular weight excluding hydrogens is 407 g/mol. The van der Waals surface area contributed by atoms with Crippen molar-refractivity contribution in [3.05, 3.63) is 62.0 Å². The van der Waals surface area contributed by atoms with E-state index in [2.05, 4.69) is 9.97 Å². The zero-order valence-electron chi connectivity index (χ0n) is 15.9. The van der Waals surface area contributed by atoms with E-state index in [1.165, 1.54) is 19.2 Å². The number of aromatic nitrogens is 2. The molecule has 6 nitrogen and oxygen atoms in total. The number of carbonyl (C=O) groups excluding carboxylic acids is 1. The molecule has 0 fully saturated rings. The Labute approximate surface area is 167 Å². The lowest BCUT2D eigenvalue weighted by atomic mass is 10.1. The number of H-pyrrole nitrogens is 1. The third kappa shape index (κ3) is 4.48. The minimum Gasteiger partial charge on any atom is -0.465 e. The van der Waals surface area contributed by atoms with Gasteiger partial charge < -0.3 is 9.72 Å². The van der Waals surface area contributed by atoms with E-state index in [0.29, 0.717) is 38.6 Å². The number of aryl methyl sites for hydroxylation is 1. The van der Waals surface area contributed by atoms with E-state index in [4.69, 9.17) is 4.74 Å². The van der Waals surface area contributed by atoms with E-state index in [1.807, 2.05) is 4.90 Å². The fourth-order valence-corrected chi connectivity index (χ4v) is 4.09. The number of ether oxygens (including phenoxy) is 1. The van der Waals surface area contributed by atoms with Gasteiger partial charge in [0.25, 0.3) is 5.56 Å². The van der Waals surface area contributed by atoms with Crippen molar-refractivity contribution in [2.45, 2.75) is 26.2 Å². The van der Waals surface area contributed by atoms with Gasteiger partial charge in [0, 0.05) is 6.54 Å². The summed E-state index contributed by atoms with van der Waals surface area (Å²) in [7, 11) is 3.03. The second-order valence-electron chi connectivity index (χ2n) is 6.61. The van der Waals surface area contributed by atoms with Crippen LogP contribution in [-0.4, -0.2) is 35.0 Å². The van der Waals surface area contributed by atoms with Gasteiger partial charge in [0.2, 0.25) is 0 Å². The molecule has 3 aromatic rings. The Morgan fingerprint density at radius 2 is 1.90 bits per heavy atom. The molecule has 0 atom stereocenters. The number of rotatable bonds is 5. The molecule has 0 radical (unpaired) electrons. The molecule has 3 rings (SSSR count). The van der Waals surface area contributed by atoms with E-state index in [9.17, 15) is 22.8 Å². The number of carbonyl (C=O) groups is 1. The molecule has 10 heteroatoms. The van der Waals surface area contributed by atoms with Crippen LogP contribution in [0.25, 0.3) is 10.2 Å². The zero-order valence-corrected chi connectivity index (χ0v) is 16.7. The first-order chi connectivity index (χ1) is 13.6. The number of thiophene rings is 1. The topological polar surface area (TPSA) is 75.3 Å². The van der Waals surface area contributed by atoms with Crippen LogP contribution in [0.2, 0.25) is 0 Å². The molecule has 0 saturated heterocycles. The lowest BCUT2D eigenvalue weighted by Gasteiger charge is -2.16. The molecule has 0 spiro atoms. The molecule has 1 N–H and O–H groups in total.